The summed E-state index contributed by atoms with van der Waals surface area (Å²) in [6, 6.07) is 6.44. The number of aryl methyl sites for hydroxylation is 2. The van der Waals surface area contributed by atoms with Crippen molar-refractivity contribution in [3.8, 4) is 5.75 Å². The van der Waals surface area contributed by atoms with E-state index in [1.54, 1.807) is 0 Å². The van der Waals surface area contributed by atoms with Crippen molar-refractivity contribution in [2.24, 2.45) is 0 Å². The molecule has 0 spiro atoms. The lowest BCUT2D eigenvalue weighted by Gasteiger charge is -2.18. The fourth-order valence-corrected chi connectivity index (χ4v) is 2.11. The molecular weight excluding hydrogens is 208 g/mol. The average Bonchev–Trinajstić information content (AvgIpc) is 2.29. The van der Waals surface area contributed by atoms with E-state index in [9.17, 15) is 0 Å². The third-order valence-electron chi connectivity index (χ3n) is 2.87. The zero-order valence-corrected chi connectivity index (χ0v) is 9.89. The molecule has 1 aromatic rings. The van der Waals surface area contributed by atoms with Gasteiger partial charge in [0.1, 0.15) is 11.9 Å². The highest BCUT2D eigenvalue weighted by Crippen LogP contribution is 2.25. The Bertz CT molecular complexity index is 335. The Morgan fingerprint density at radius 2 is 2.00 bits per heavy atom. The summed E-state index contributed by atoms with van der Waals surface area (Å²) in [6.45, 7) is 1.99. The molecule has 1 unspecified atom stereocenters. The Labute approximate surface area is 96.4 Å². The number of hydrogen-bond donors (Lipinski definition) is 0. The molecule has 1 aliphatic carbocycles. The van der Waals surface area contributed by atoms with Crippen molar-refractivity contribution in [1.82, 2.24) is 0 Å². The van der Waals surface area contributed by atoms with Crippen LogP contribution in [0.15, 0.2) is 18.2 Å². The molecule has 82 valence electrons. The molecule has 0 aliphatic heterocycles. The molecule has 1 aromatic carbocycles. The van der Waals surface area contributed by atoms with Gasteiger partial charge in [-0.15, -0.1) is 11.6 Å². The van der Waals surface area contributed by atoms with Crippen molar-refractivity contribution < 1.29 is 4.74 Å². The minimum atomic E-state index is 0.0910. The third kappa shape index (κ3) is 2.66. The molecule has 0 heterocycles. The van der Waals surface area contributed by atoms with Gasteiger partial charge < -0.3 is 4.74 Å². The van der Waals surface area contributed by atoms with Crippen LogP contribution in [0.5, 0.6) is 5.75 Å². The second-order valence-electron chi connectivity index (χ2n) is 4.22. The summed E-state index contributed by atoms with van der Waals surface area (Å²) in [6.07, 6.45) is 5.14. The molecule has 1 aliphatic rings. The maximum absolute atomic E-state index is 5.72. The zero-order valence-electron chi connectivity index (χ0n) is 9.13. The Morgan fingerprint density at radius 3 is 2.73 bits per heavy atom. The average molecular weight is 225 g/mol. The van der Waals surface area contributed by atoms with E-state index in [0.717, 1.165) is 5.75 Å². The maximum Gasteiger partial charge on any atom is 0.120 e. The number of benzene rings is 1. The summed E-state index contributed by atoms with van der Waals surface area (Å²) in [5.74, 6) is 1.50. The molecular formula is C13H17ClO. The Kier molecular flexibility index (Phi) is 3.53. The van der Waals surface area contributed by atoms with Crippen LogP contribution in [0.25, 0.3) is 0 Å². The number of fused-ring (bicyclic) bond motifs is 1. The van der Waals surface area contributed by atoms with Crippen molar-refractivity contribution in [3.63, 3.8) is 0 Å². The van der Waals surface area contributed by atoms with Crippen molar-refractivity contribution >= 4 is 11.6 Å². The summed E-state index contributed by atoms with van der Waals surface area (Å²) in [4.78, 5) is 0. The molecule has 0 N–H and O–H groups in total. The van der Waals surface area contributed by atoms with Crippen LogP contribution < -0.4 is 4.74 Å². The molecule has 0 radical (unpaired) electrons. The smallest absolute Gasteiger partial charge is 0.120 e. The first-order valence-corrected chi connectivity index (χ1v) is 6.17. The van der Waals surface area contributed by atoms with Gasteiger partial charge in [-0.2, -0.15) is 0 Å². The number of ether oxygens (including phenoxy) is 1. The molecule has 0 fully saturated rings. The second-order valence-corrected chi connectivity index (χ2v) is 4.53. The Hall–Kier alpha value is -0.690. The minimum absolute atomic E-state index is 0.0910. The van der Waals surface area contributed by atoms with E-state index in [4.69, 9.17) is 16.3 Å². The molecule has 2 heteroatoms. The molecule has 1 nitrogen and oxygen atoms in total. The predicted octanol–water partition coefficient (Wildman–Crippen LogP) is 3.57. The molecule has 0 saturated heterocycles. The molecule has 2 rings (SSSR count). The molecule has 0 amide bonds. The molecule has 15 heavy (non-hydrogen) atoms. The fraction of sp³-hybridized carbons (Fsp3) is 0.538. The van der Waals surface area contributed by atoms with Gasteiger partial charge in [-0.25, -0.2) is 0 Å². The third-order valence-corrected chi connectivity index (χ3v) is 3.31. The van der Waals surface area contributed by atoms with Gasteiger partial charge in [-0.1, -0.05) is 6.07 Å². The van der Waals surface area contributed by atoms with E-state index in [2.05, 4.69) is 18.2 Å². The first-order chi connectivity index (χ1) is 7.29. The van der Waals surface area contributed by atoms with Crippen molar-refractivity contribution in [3.05, 3.63) is 29.3 Å². The summed E-state index contributed by atoms with van der Waals surface area (Å²) in [7, 11) is 0. The van der Waals surface area contributed by atoms with E-state index in [-0.39, 0.29) is 6.10 Å². The maximum atomic E-state index is 5.72. The van der Waals surface area contributed by atoms with Gasteiger partial charge in [0.25, 0.3) is 0 Å². The van der Waals surface area contributed by atoms with E-state index >= 15 is 0 Å². The van der Waals surface area contributed by atoms with Crippen molar-refractivity contribution in [2.45, 2.75) is 38.7 Å². The van der Waals surface area contributed by atoms with Gasteiger partial charge in [0.05, 0.1) is 5.88 Å². The van der Waals surface area contributed by atoms with Gasteiger partial charge in [-0.05, 0) is 55.9 Å². The van der Waals surface area contributed by atoms with Crippen molar-refractivity contribution in [1.29, 1.82) is 0 Å². The van der Waals surface area contributed by atoms with Crippen LogP contribution in [-0.2, 0) is 12.8 Å². The molecule has 0 aromatic heterocycles. The summed E-state index contributed by atoms with van der Waals surface area (Å²) in [5, 5.41) is 0. The second kappa shape index (κ2) is 4.89. The van der Waals surface area contributed by atoms with Crippen LogP contribution in [-0.4, -0.2) is 12.0 Å². The first-order valence-electron chi connectivity index (χ1n) is 5.64. The topological polar surface area (TPSA) is 9.23 Å². The predicted molar refractivity (Wildman–Crippen MR) is 63.9 cm³/mol. The van der Waals surface area contributed by atoms with Crippen LogP contribution >= 0.6 is 11.6 Å². The lowest BCUT2D eigenvalue weighted by Crippen LogP contribution is -2.13. The highest BCUT2D eigenvalue weighted by molar-refractivity contribution is 6.18. The zero-order chi connectivity index (χ0) is 10.7. The Morgan fingerprint density at radius 1 is 1.27 bits per heavy atom. The summed E-state index contributed by atoms with van der Waals surface area (Å²) in [5.41, 5.74) is 2.95. The summed E-state index contributed by atoms with van der Waals surface area (Å²) >= 11 is 5.72. The molecule has 0 saturated carbocycles. The quantitative estimate of drug-likeness (QED) is 0.714. The van der Waals surface area contributed by atoms with E-state index in [1.165, 1.54) is 36.8 Å². The van der Waals surface area contributed by atoms with Crippen LogP contribution in [0.1, 0.15) is 30.9 Å². The molecule has 0 bridgehead atoms. The highest BCUT2D eigenvalue weighted by Gasteiger charge is 2.10. The lowest BCUT2D eigenvalue weighted by atomic mass is 9.92. The fourth-order valence-electron chi connectivity index (χ4n) is 2.05. The van der Waals surface area contributed by atoms with E-state index in [1.807, 2.05) is 6.92 Å². The van der Waals surface area contributed by atoms with Crippen LogP contribution in [0, 0.1) is 0 Å². The van der Waals surface area contributed by atoms with Gasteiger partial charge in [0, 0.05) is 0 Å². The van der Waals surface area contributed by atoms with Gasteiger partial charge in [0.2, 0.25) is 0 Å². The van der Waals surface area contributed by atoms with Crippen LogP contribution in [0.4, 0.5) is 0 Å². The largest absolute Gasteiger partial charge is 0.489 e. The number of rotatable bonds is 3. The highest BCUT2D eigenvalue weighted by atomic mass is 35.5. The SMILES string of the molecule is CC(CCl)Oc1ccc2c(c1)CCCC2. The first kappa shape index (κ1) is 10.8. The number of halogens is 1. The van der Waals surface area contributed by atoms with Crippen LogP contribution in [0.2, 0.25) is 0 Å². The minimum Gasteiger partial charge on any atom is -0.489 e. The lowest BCUT2D eigenvalue weighted by molar-refractivity contribution is 0.245. The van der Waals surface area contributed by atoms with Gasteiger partial charge in [0.15, 0.2) is 0 Å². The normalized spacial score (nSPS) is 16.9. The molecule has 1 atom stereocenters. The van der Waals surface area contributed by atoms with E-state index in [0.29, 0.717) is 5.88 Å². The van der Waals surface area contributed by atoms with E-state index < -0.39 is 0 Å². The monoisotopic (exact) mass is 224 g/mol. The van der Waals surface area contributed by atoms with Crippen LogP contribution in [0.3, 0.4) is 0 Å². The van der Waals surface area contributed by atoms with Crippen molar-refractivity contribution in [2.75, 3.05) is 5.88 Å². The standard InChI is InChI=1S/C13H17ClO/c1-10(9-14)15-13-7-6-11-4-2-3-5-12(11)8-13/h6-8,10H,2-5,9H2,1H3. The summed E-state index contributed by atoms with van der Waals surface area (Å²) < 4.78 is 5.70. The van der Waals surface area contributed by atoms with Gasteiger partial charge in [-0.3, -0.25) is 0 Å². The number of alkyl halides is 1. The van der Waals surface area contributed by atoms with Gasteiger partial charge >= 0.3 is 0 Å². The Balaban J connectivity index is 2.13. The number of hydrogen-bond acceptors (Lipinski definition) is 1.